The van der Waals surface area contributed by atoms with Gasteiger partial charge in [0.15, 0.2) is 0 Å². The summed E-state index contributed by atoms with van der Waals surface area (Å²) in [6, 6.07) is 12.1. The van der Waals surface area contributed by atoms with E-state index < -0.39 is 95.6 Å². The van der Waals surface area contributed by atoms with Gasteiger partial charge in [0.05, 0.1) is 24.2 Å². The van der Waals surface area contributed by atoms with Gasteiger partial charge in [-0.15, -0.1) is 24.7 Å². The molecule has 7 rings (SSSR count). The molecule has 19 heteroatoms. The Bertz CT molecular complexity index is 2570. The number of fused-ring (bicyclic) bond motifs is 2. The van der Waals surface area contributed by atoms with Gasteiger partial charge in [0.1, 0.15) is 24.2 Å². The largest absolute Gasteiger partial charge is 0.399 e. The maximum Gasteiger partial charge on any atom is 0.251 e. The normalized spacial score (nSPS) is 22.3. The molecule has 0 saturated carbocycles. The first kappa shape index (κ1) is 55.0. The van der Waals surface area contributed by atoms with E-state index >= 15 is 0 Å². The lowest BCUT2D eigenvalue weighted by Gasteiger charge is -2.31. The number of nitrogen functional groups attached to an aromatic ring is 1. The first-order valence-electron chi connectivity index (χ1n) is 25.8. The van der Waals surface area contributed by atoms with Crippen LogP contribution in [0.1, 0.15) is 120 Å². The van der Waals surface area contributed by atoms with Crippen molar-refractivity contribution in [2.75, 3.05) is 32.9 Å². The standard InChI is InChI=1S/C56H69N11O8/c1-7-15-45(64-49(68)32(3)58-5)55(74)66-30-39(28-47(66)53(72)62-43-23-13-19-34-17-9-11-21-41(34)43)60-51(70)36-25-37(27-38(57)26-36)52(71)61-40-29-48(54(73)63-44-24-14-20-35-18-10-12-22-42(35)44)67(31-40)56(75)46(16-8-2)65-50(69)33(4)59-6/h1-2,9-12,17-18,21-22,25-27,32-33,39-40,43-48,58-59H,13-16,19-20,23-24,28-31,57H2,3-6H3,(H,60,70)(H,61,71)(H,62,72)(H,63,73)(H,64,68)(H,65,69). The number of nitrogens with two attached hydrogens (primary N) is 1. The quantitative estimate of drug-likeness (QED) is 0.0648. The van der Waals surface area contributed by atoms with E-state index in [-0.39, 0.29) is 67.7 Å². The fourth-order valence-corrected chi connectivity index (χ4v) is 10.6. The van der Waals surface area contributed by atoms with Gasteiger partial charge in [-0.3, -0.25) is 38.4 Å². The van der Waals surface area contributed by atoms with Gasteiger partial charge in [-0.2, -0.15) is 0 Å². The Kier molecular flexibility index (Phi) is 18.3. The highest BCUT2D eigenvalue weighted by atomic mass is 16.2. The molecule has 10 N–H and O–H groups in total. The number of carbonyl (C=O) groups excluding carboxylic acids is 8. The van der Waals surface area contributed by atoms with Gasteiger partial charge < -0.3 is 58.1 Å². The number of hydrogen-bond donors (Lipinski definition) is 9. The van der Waals surface area contributed by atoms with Crippen LogP contribution in [0.25, 0.3) is 0 Å². The maximum absolute atomic E-state index is 14.4. The zero-order chi connectivity index (χ0) is 53.9. The van der Waals surface area contributed by atoms with E-state index in [4.69, 9.17) is 18.6 Å². The first-order valence-corrected chi connectivity index (χ1v) is 25.8. The summed E-state index contributed by atoms with van der Waals surface area (Å²) in [6.07, 6.45) is 15.9. The van der Waals surface area contributed by atoms with Gasteiger partial charge in [0.2, 0.25) is 35.4 Å². The number of likely N-dealkylation sites (N-methyl/N-ethyl adjacent to an activating group) is 2. The van der Waals surface area contributed by atoms with Crippen LogP contribution in [0.5, 0.6) is 0 Å². The Labute approximate surface area is 438 Å². The Balaban J connectivity index is 1.08. The second-order valence-corrected chi connectivity index (χ2v) is 19.9. The second kappa shape index (κ2) is 25.0. The van der Waals surface area contributed by atoms with Crippen LogP contribution in [0, 0.1) is 24.7 Å². The summed E-state index contributed by atoms with van der Waals surface area (Å²) in [4.78, 5) is 114. The molecule has 396 valence electrons. The van der Waals surface area contributed by atoms with Gasteiger partial charge in [-0.25, -0.2) is 0 Å². The van der Waals surface area contributed by atoms with Crippen LogP contribution in [0.2, 0.25) is 0 Å². The van der Waals surface area contributed by atoms with Crippen LogP contribution in [0.4, 0.5) is 5.69 Å². The Morgan fingerprint density at radius 1 is 0.613 bits per heavy atom. The molecule has 2 fully saturated rings. The topological polar surface area (TPSA) is 265 Å². The third-order valence-corrected chi connectivity index (χ3v) is 14.8. The number of terminal acetylenes is 2. The second-order valence-electron chi connectivity index (χ2n) is 19.9. The Morgan fingerprint density at radius 2 is 1.01 bits per heavy atom. The fourth-order valence-electron chi connectivity index (χ4n) is 10.6. The summed E-state index contributed by atoms with van der Waals surface area (Å²) in [5.41, 5.74) is 10.7. The summed E-state index contributed by atoms with van der Waals surface area (Å²) in [5, 5.41) is 23.3. The summed E-state index contributed by atoms with van der Waals surface area (Å²) < 4.78 is 0. The van der Waals surface area contributed by atoms with Crippen LogP contribution in [-0.2, 0) is 41.6 Å². The van der Waals surface area contributed by atoms with E-state index in [1.807, 2.05) is 48.5 Å². The highest BCUT2D eigenvalue weighted by Crippen LogP contribution is 2.32. The molecule has 2 heterocycles. The van der Waals surface area contributed by atoms with Crippen LogP contribution in [-0.4, -0.2) is 133 Å². The number of anilines is 1. The third-order valence-electron chi connectivity index (χ3n) is 14.8. The van der Waals surface area contributed by atoms with Gasteiger partial charge >= 0.3 is 0 Å². The average Bonchev–Trinajstić information content (AvgIpc) is 4.04. The molecule has 2 aliphatic carbocycles. The number of amides is 8. The van der Waals surface area contributed by atoms with Crippen molar-refractivity contribution in [1.29, 1.82) is 0 Å². The number of likely N-dealkylation sites (tertiary alicyclic amines) is 2. The van der Waals surface area contributed by atoms with Crippen LogP contribution in [0.15, 0.2) is 66.7 Å². The summed E-state index contributed by atoms with van der Waals surface area (Å²) >= 11 is 0. The SMILES string of the molecule is C#CCC(NC(=O)C(C)NC)C(=O)N1CC(NC(=O)c2cc(N)cc(C(=O)NC3CC(C(=O)NC4CCCc5ccccc54)N(C(=O)C(CC#C)NC(=O)C(C)NC)C3)c2)CC1C(=O)NC1CCCc2ccccc21. The molecule has 10 atom stereocenters. The van der Waals surface area contributed by atoms with E-state index in [9.17, 15) is 38.4 Å². The molecule has 10 unspecified atom stereocenters. The lowest BCUT2D eigenvalue weighted by Crippen LogP contribution is -2.55. The molecular formula is C56H69N11O8. The molecular weight excluding hydrogens is 955 g/mol. The van der Waals surface area contributed by atoms with Crippen molar-refractivity contribution in [2.24, 2.45) is 0 Å². The number of aryl methyl sites for hydroxylation is 2. The monoisotopic (exact) mass is 1020 g/mol. The highest BCUT2D eigenvalue weighted by Gasteiger charge is 2.45. The van der Waals surface area contributed by atoms with E-state index in [1.54, 1.807) is 27.9 Å². The van der Waals surface area contributed by atoms with E-state index in [0.717, 1.165) is 47.9 Å². The molecule has 2 aliphatic heterocycles. The minimum atomic E-state index is -1.16. The predicted molar refractivity (Wildman–Crippen MR) is 282 cm³/mol. The van der Waals surface area contributed by atoms with Crippen molar-refractivity contribution < 1.29 is 38.4 Å². The number of hydrogen-bond acceptors (Lipinski definition) is 11. The highest BCUT2D eigenvalue weighted by molar-refractivity contribution is 6.02. The van der Waals surface area contributed by atoms with Crippen molar-refractivity contribution in [3.05, 3.63) is 100 Å². The summed E-state index contributed by atoms with van der Waals surface area (Å²) in [5.74, 6) is 0.698. The van der Waals surface area contributed by atoms with Gasteiger partial charge in [-0.05, 0) is 120 Å². The molecule has 75 heavy (non-hydrogen) atoms. The molecule has 3 aromatic rings. The van der Waals surface area contributed by atoms with Gasteiger partial charge in [0, 0.05) is 54.8 Å². The molecule has 4 aliphatic rings. The maximum atomic E-state index is 14.4. The van der Waals surface area contributed by atoms with Gasteiger partial charge in [-0.1, -0.05) is 48.5 Å². The lowest BCUT2D eigenvalue weighted by molar-refractivity contribution is -0.141. The van der Waals surface area contributed by atoms with Crippen molar-refractivity contribution >= 4 is 52.9 Å². The zero-order valence-corrected chi connectivity index (χ0v) is 43.0. The first-order chi connectivity index (χ1) is 36.0. The van der Waals surface area contributed by atoms with Crippen LogP contribution in [0.3, 0.4) is 0 Å². The van der Waals surface area contributed by atoms with E-state index in [2.05, 4.69) is 54.4 Å². The average molecular weight is 1020 g/mol. The molecule has 0 aromatic heterocycles. The third kappa shape index (κ3) is 13.1. The molecule has 0 radical (unpaired) electrons. The number of benzene rings is 3. The predicted octanol–water partition coefficient (Wildman–Crippen LogP) is 1.29. The molecule has 0 bridgehead atoms. The summed E-state index contributed by atoms with van der Waals surface area (Å²) in [6.45, 7) is 3.06. The van der Waals surface area contributed by atoms with Crippen LogP contribution < -0.4 is 48.3 Å². The number of nitrogens with zero attached hydrogens (tertiary/aromatic N) is 2. The Morgan fingerprint density at radius 3 is 1.40 bits per heavy atom. The van der Waals surface area contributed by atoms with E-state index in [0.29, 0.717) is 12.8 Å². The zero-order valence-electron chi connectivity index (χ0n) is 43.0. The van der Waals surface area contributed by atoms with Crippen LogP contribution >= 0.6 is 0 Å². The minimum absolute atomic E-state index is 0.0141. The number of rotatable bonds is 18. The van der Waals surface area contributed by atoms with Crippen molar-refractivity contribution in [3.8, 4) is 24.7 Å². The molecule has 3 aromatic carbocycles. The number of carbonyl (C=O) groups is 8. The van der Waals surface area contributed by atoms with Crippen molar-refractivity contribution in [3.63, 3.8) is 0 Å². The summed E-state index contributed by atoms with van der Waals surface area (Å²) in [7, 11) is 3.21. The minimum Gasteiger partial charge on any atom is -0.399 e. The number of nitrogens with one attached hydrogen (secondary N) is 8. The van der Waals surface area contributed by atoms with E-state index in [1.165, 1.54) is 28.0 Å². The Hall–Kier alpha value is -7.74. The molecule has 2 saturated heterocycles. The molecule has 0 spiro atoms. The fraction of sp³-hybridized carbons (Fsp3) is 0.464. The molecule has 8 amide bonds. The van der Waals surface area contributed by atoms with Gasteiger partial charge in [0.25, 0.3) is 11.8 Å². The van der Waals surface area contributed by atoms with Crippen molar-refractivity contribution in [2.45, 2.75) is 138 Å². The lowest BCUT2D eigenvalue weighted by atomic mass is 9.87. The smallest absolute Gasteiger partial charge is 0.251 e. The molecule has 19 nitrogen and oxygen atoms in total. The van der Waals surface area contributed by atoms with Crippen molar-refractivity contribution in [1.82, 2.24) is 52.3 Å².